The number of thiophene rings is 2. The molecular formula is C48H31NS2. The topological polar surface area (TPSA) is 3.24 Å². The molecular weight excluding hydrogens is 655 g/mol. The molecule has 0 saturated heterocycles. The molecule has 240 valence electrons. The molecule has 0 amide bonds. The lowest BCUT2D eigenvalue weighted by molar-refractivity contribution is 1.31. The minimum atomic E-state index is 1.13. The largest absolute Gasteiger partial charge is 0.310 e. The van der Waals surface area contributed by atoms with Gasteiger partial charge >= 0.3 is 0 Å². The molecule has 0 aliphatic rings. The smallest absolute Gasteiger partial charge is 0.0555 e. The number of benzene rings is 8. The summed E-state index contributed by atoms with van der Waals surface area (Å²) >= 11 is 3.77. The zero-order valence-electron chi connectivity index (χ0n) is 27.7. The first kappa shape index (κ1) is 29.9. The Morgan fingerprint density at radius 1 is 0.333 bits per heavy atom. The summed E-state index contributed by atoms with van der Waals surface area (Å²) < 4.78 is 5.21. The van der Waals surface area contributed by atoms with Crippen molar-refractivity contribution >= 4 is 80.1 Å². The second-order valence-corrected chi connectivity index (χ2v) is 15.0. The maximum absolute atomic E-state index is 2.47. The normalized spacial score (nSPS) is 11.5. The molecule has 0 atom stereocenters. The number of hydrogen-bond acceptors (Lipinski definition) is 3. The third kappa shape index (κ3) is 5.13. The second-order valence-electron chi connectivity index (χ2n) is 12.9. The highest BCUT2D eigenvalue weighted by Gasteiger charge is 2.22. The van der Waals surface area contributed by atoms with E-state index in [2.05, 4.69) is 193 Å². The van der Waals surface area contributed by atoms with E-state index < -0.39 is 0 Å². The molecule has 0 spiro atoms. The van der Waals surface area contributed by atoms with Crippen molar-refractivity contribution in [3.8, 4) is 33.4 Å². The molecule has 10 aromatic rings. The molecule has 8 aromatic carbocycles. The summed E-state index contributed by atoms with van der Waals surface area (Å²) in [5.74, 6) is 0. The monoisotopic (exact) mass is 685 g/mol. The first-order valence-electron chi connectivity index (χ1n) is 17.3. The summed E-state index contributed by atoms with van der Waals surface area (Å²) in [7, 11) is 0. The lowest BCUT2D eigenvalue weighted by Crippen LogP contribution is -2.10. The molecule has 0 aliphatic carbocycles. The summed E-state index contributed by atoms with van der Waals surface area (Å²) in [6.07, 6.45) is 0. The Hall–Kier alpha value is -6.00. The van der Waals surface area contributed by atoms with Crippen LogP contribution in [-0.4, -0.2) is 0 Å². The average Bonchev–Trinajstić information content (AvgIpc) is 3.78. The Kier molecular flexibility index (Phi) is 7.26. The predicted molar refractivity (Wildman–Crippen MR) is 223 cm³/mol. The van der Waals surface area contributed by atoms with Crippen LogP contribution in [0.1, 0.15) is 0 Å². The van der Waals surface area contributed by atoms with Crippen LogP contribution in [0.5, 0.6) is 0 Å². The van der Waals surface area contributed by atoms with Crippen LogP contribution < -0.4 is 4.90 Å². The second kappa shape index (κ2) is 12.4. The van der Waals surface area contributed by atoms with Crippen molar-refractivity contribution in [3.05, 3.63) is 188 Å². The van der Waals surface area contributed by atoms with Crippen molar-refractivity contribution in [2.75, 3.05) is 4.90 Å². The molecule has 1 nitrogen and oxygen atoms in total. The van der Waals surface area contributed by atoms with Crippen LogP contribution in [0.2, 0.25) is 0 Å². The van der Waals surface area contributed by atoms with Crippen LogP contribution in [-0.2, 0) is 0 Å². The maximum Gasteiger partial charge on any atom is 0.0555 e. The number of hydrogen-bond donors (Lipinski definition) is 0. The number of rotatable bonds is 6. The van der Waals surface area contributed by atoms with Gasteiger partial charge < -0.3 is 4.90 Å². The highest BCUT2D eigenvalue weighted by Crippen LogP contribution is 2.49. The van der Waals surface area contributed by atoms with Gasteiger partial charge in [-0.25, -0.2) is 0 Å². The van der Waals surface area contributed by atoms with Crippen molar-refractivity contribution in [1.82, 2.24) is 0 Å². The summed E-state index contributed by atoms with van der Waals surface area (Å²) in [5.41, 5.74) is 10.9. The summed E-state index contributed by atoms with van der Waals surface area (Å²) in [5, 5.41) is 5.17. The molecule has 3 heteroatoms. The molecule has 51 heavy (non-hydrogen) atoms. The van der Waals surface area contributed by atoms with E-state index in [4.69, 9.17) is 0 Å². The van der Waals surface area contributed by atoms with E-state index in [0.29, 0.717) is 0 Å². The first-order chi connectivity index (χ1) is 25.3. The van der Waals surface area contributed by atoms with Gasteiger partial charge in [0.15, 0.2) is 0 Å². The Balaban J connectivity index is 1.22. The average molecular weight is 686 g/mol. The number of fused-ring (bicyclic) bond motifs is 6. The molecule has 0 saturated carbocycles. The van der Waals surface area contributed by atoms with Gasteiger partial charge in [0.2, 0.25) is 0 Å². The van der Waals surface area contributed by atoms with Gasteiger partial charge in [0.25, 0.3) is 0 Å². The molecule has 0 fully saturated rings. The fourth-order valence-electron chi connectivity index (χ4n) is 7.47. The van der Waals surface area contributed by atoms with Gasteiger partial charge in [-0.2, -0.15) is 0 Å². The van der Waals surface area contributed by atoms with E-state index in [-0.39, 0.29) is 0 Å². The van der Waals surface area contributed by atoms with E-state index in [1.165, 1.54) is 79.4 Å². The number of anilines is 3. The minimum absolute atomic E-state index is 1.13. The SMILES string of the molecule is c1ccc(-c2ccc(N(c3ccc4c(c3)sc3c(-c5ccccc5)cccc34)c3ccc(-c4ccccc4)c4sc5ccccc5c34)cc2)cc1. The van der Waals surface area contributed by atoms with E-state index in [1.54, 1.807) is 0 Å². The van der Waals surface area contributed by atoms with Crippen LogP contribution in [0.3, 0.4) is 0 Å². The molecule has 2 heterocycles. The van der Waals surface area contributed by atoms with Crippen molar-refractivity contribution in [3.63, 3.8) is 0 Å². The van der Waals surface area contributed by atoms with Crippen LogP contribution in [0.4, 0.5) is 17.1 Å². The summed E-state index contributed by atoms with van der Waals surface area (Å²) in [4.78, 5) is 2.47. The van der Waals surface area contributed by atoms with Gasteiger partial charge in [-0.15, -0.1) is 22.7 Å². The van der Waals surface area contributed by atoms with E-state index in [9.17, 15) is 0 Å². The lowest BCUT2D eigenvalue weighted by Gasteiger charge is -2.27. The molecule has 0 aliphatic heterocycles. The summed E-state index contributed by atoms with van der Waals surface area (Å²) in [6, 6.07) is 68.5. The van der Waals surface area contributed by atoms with Crippen molar-refractivity contribution in [2.24, 2.45) is 0 Å². The molecule has 0 unspecified atom stereocenters. The van der Waals surface area contributed by atoms with Gasteiger partial charge in [-0.3, -0.25) is 0 Å². The highest BCUT2D eigenvalue weighted by molar-refractivity contribution is 7.26. The fourth-order valence-corrected chi connectivity index (χ4v) is 10.0. The van der Waals surface area contributed by atoms with Crippen LogP contribution in [0, 0.1) is 0 Å². The van der Waals surface area contributed by atoms with Crippen LogP contribution >= 0.6 is 22.7 Å². The fraction of sp³-hybridized carbons (Fsp3) is 0. The van der Waals surface area contributed by atoms with Crippen molar-refractivity contribution in [2.45, 2.75) is 0 Å². The van der Waals surface area contributed by atoms with Gasteiger partial charge in [0.1, 0.15) is 0 Å². The van der Waals surface area contributed by atoms with Gasteiger partial charge in [-0.05, 0) is 69.8 Å². The Bertz CT molecular complexity index is 2830. The lowest BCUT2D eigenvalue weighted by atomic mass is 9.99. The van der Waals surface area contributed by atoms with Crippen LogP contribution in [0.15, 0.2) is 188 Å². The molecule has 10 rings (SSSR count). The minimum Gasteiger partial charge on any atom is -0.310 e. The predicted octanol–water partition coefficient (Wildman–Crippen LogP) is 14.9. The van der Waals surface area contributed by atoms with Gasteiger partial charge in [-0.1, -0.05) is 152 Å². The molecule has 0 N–H and O–H groups in total. The standard InChI is InChI=1S/C48H31NS2/c1-4-13-32(14-5-1)33-23-25-36(26-24-33)49(37-27-28-40-41-21-12-20-38(34-15-6-2-7-16-34)47(41)51-45(40)31-37)43-30-29-39(35-17-8-3-9-18-35)48-46(43)42-19-10-11-22-44(42)50-48/h1-31H. The summed E-state index contributed by atoms with van der Waals surface area (Å²) in [6.45, 7) is 0. The third-order valence-corrected chi connectivity index (χ3v) is 12.3. The quantitative estimate of drug-likeness (QED) is 0.168. The Morgan fingerprint density at radius 3 is 1.63 bits per heavy atom. The molecule has 2 aromatic heterocycles. The Morgan fingerprint density at radius 2 is 0.902 bits per heavy atom. The molecule has 0 radical (unpaired) electrons. The van der Waals surface area contributed by atoms with E-state index in [0.717, 1.165) is 11.4 Å². The van der Waals surface area contributed by atoms with Gasteiger partial charge in [0.05, 0.1) is 5.69 Å². The van der Waals surface area contributed by atoms with Crippen LogP contribution in [0.25, 0.3) is 73.7 Å². The highest BCUT2D eigenvalue weighted by atomic mass is 32.1. The van der Waals surface area contributed by atoms with E-state index >= 15 is 0 Å². The van der Waals surface area contributed by atoms with Crippen molar-refractivity contribution < 1.29 is 0 Å². The first-order valence-corrected chi connectivity index (χ1v) is 18.9. The maximum atomic E-state index is 2.47. The van der Waals surface area contributed by atoms with E-state index in [1.807, 2.05) is 22.7 Å². The number of nitrogens with zero attached hydrogens (tertiary/aromatic N) is 1. The van der Waals surface area contributed by atoms with Gasteiger partial charge in [0, 0.05) is 51.7 Å². The zero-order valence-corrected chi connectivity index (χ0v) is 29.3. The van der Waals surface area contributed by atoms with Crippen molar-refractivity contribution in [1.29, 1.82) is 0 Å². The Labute approximate surface area is 304 Å². The zero-order chi connectivity index (χ0) is 33.7. The molecule has 0 bridgehead atoms. The third-order valence-electron chi connectivity index (χ3n) is 9.89.